The van der Waals surface area contributed by atoms with E-state index in [2.05, 4.69) is 0 Å². The molecule has 0 radical (unpaired) electrons. The molecule has 1 unspecified atom stereocenters. The number of carboxylic acids is 1. The average Bonchev–Trinajstić information content (AvgIpc) is 2.29. The Kier molecular flexibility index (Phi) is 4.54. The number of hydrogen-bond acceptors (Lipinski definition) is 4. The Morgan fingerprint density at radius 2 is 1.71 bits per heavy atom. The van der Waals surface area contributed by atoms with E-state index < -0.39 is 12.1 Å². The van der Waals surface area contributed by atoms with Gasteiger partial charge in [0.05, 0.1) is 5.97 Å². The maximum atomic E-state index is 10.6. The number of rotatable bonds is 2. The van der Waals surface area contributed by atoms with Gasteiger partial charge in [-0.3, -0.25) is 0 Å². The first-order valence-electron chi connectivity index (χ1n) is 4.71. The maximum absolute atomic E-state index is 10.6. The van der Waals surface area contributed by atoms with Crippen LogP contribution in [-0.4, -0.2) is 16.2 Å². The van der Waals surface area contributed by atoms with E-state index in [1.54, 1.807) is 24.3 Å². The molecule has 5 heteroatoms. The van der Waals surface area contributed by atoms with Crippen LogP contribution in [0.25, 0.3) is 10.8 Å². The quantitative estimate of drug-likeness (QED) is 0.561. The third kappa shape index (κ3) is 2.61. The van der Waals surface area contributed by atoms with Gasteiger partial charge in [-0.05, 0) is 17.0 Å². The molecule has 82 valence electrons. The minimum absolute atomic E-state index is 0. The van der Waals surface area contributed by atoms with Gasteiger partial charge in [0.25, 0.3) is 0 Å². The van der Waals surface area contributed by atoms with E-state index >= 15 is 0 Å². The monoisotopic (exact) mass is 240 g/mol. The topological polar surface area (TPSA) is 80.6 Å². The summed E-state index contributed by atoms with van der Waals surface area (Å²) in [6.07, 6.45) is -1.69. The number of carbonyl (C=O) groups excluding carboxylic acids is 1. The molecule has 0 saturated carbocycles. The molecule has 4 nitrogen and oxygen atoms in total. The Bertz CT molecular complexity index is 553. The fraction of sp³-hybridized carbons (Fsp3) is 0.0833. The van der Waals surface area contributed by atoms with E-state index in [0.717, 1.165) is 0 Å². The normalized spacial score (nSPS) is 11.8. The van der Waals surface area contributed by atoms with Crippen LogP contribution in [0.2, 0.25) is 0 Å². The summed E-state index contributed by atoms with van der Waals surface area (Å²) in [5.74, 6) is -1.51. The molecule has 0 amide bonds. The van der Waals surface area contributed by atoms with Crippen LogP contribution >= 0.6 is 0 Å². The Labute approximate surface area is 120 Å². The maximum Gasteiger partial charge on any atom is 1.00 e. The van der Waals surface area contributed by atoms with Crippen molar-refractivity contribution in [1.82, 2.24) is 0 Å². The van der Waals surface area contributed by atoms with Crippen molar-refractivity contribution in [2.45, 2.75) is 6.10 Å². The van der Waals surface area contributed by atoms with Gasteiger partial charge in [0.1, 0.15) is 11.9 Å². The third-order valence-corrected chi connectivity index (χ3v) is 2.45. The first kappa shape index (κ1) is 14.0. The Morgan fingerprint density at radius 3 is 2.29 bits per heavy atom. The second-order valence-electron chi connectivity index (χ2n) is 3.44. The number of carbonyl (C=O) groups is 1. The molecule has 0 aliphatic carbocycles. The van der Waals surface area contributed by atoms with E-state index in [9.17, 15) is 20.1 Å². The fourth-order valence-corrected chi connectivity index (χ4v) is 1.67. The summed E-state index contributed by atoms with van der Waals surface area (Å²) in [6.45, 7) is 0. The number of phenolic OH excluding ortho intramolecular Hbond substituents is 1. The van der Waals surface area contributed by atoms with Gasteiger partial charge < -0.3 is 20.1 Å². The Balaban J connectivity index is 0.00000144. The number of aliphatic carboxylic acids is 1. The summed E-state index contributed by atoms with van der Waals surface area (Å²) >= 11 is 0. The van der Waals surface area contributed by atoms with Crippen LogP contribution in [-0.2, 0) is 4.79 Å². The van der Waals surface area contributed by atoms with Gasteiger partial charge in [-0.15, -0.1) is 0 Å². The van der Waals surface area contributed by atoms with E-state index in [1.165, 1.54) is 12.1 Å². The van der Waals surface area contributed by atoms with Crippen LogP contribution in [0.15, 0.2) is 36.4 Å². The third-order valence-electron chi connectivity index (χ3n) is 2.45. The Hall–Kier alpha value is -1.07. The minimum atomic E-state index is -1.69. The number of aliphatic hydroxyl groups excluding tert-OH is 1. The molecule has 2 rings (SSSR count). The van der Waals surface area contributed by atoms with E-state index in [0.29, 0.717) is 10.8 Å². The number of aliphatic hydroxyl groups is 1. The van der Waals surface area contributed by atoms with Gasteiger partial charge in [0.15, 0.2) is 0 Å². The predicted octanol–water partition coefficient (Wildman–Crippen LogP) is -2.67. The van der Waals surface area contributed by atoms with E-state index in [1.807, 2.05) is 0 Å². The molecule has 2 aromatic rings. The molecule has 2 aromatic carbocycles. The molecular formula is C12H9NaO4. The van der Waals surface area contributed by atoms with E-state index in [4.69, 9.17) is 0 Å². The Morgan fingerprint density at radius 1 is 1.12 bits per heavy atom. The van der Waals surface area contributed by atoms with E-state index in [-0.39, 0.29) is 40.9 Å². The molecule has 1 atom stereocenters. The second-order valence-corrected chi connectivity index (χ2v) is 3.44. The van der Waals surface area contributed by atoms with Crippen molar-refractivity contribution in [3.63, 3.8) is 0 Å². The zero-order valence-electron chi connectivity index (χ0n) is 9.25. The molecule has 0 fully saturated rings. The van der Waals surface area contributed by atoms with Gasteiger partial charge in [-0.25, -0.2) is 0 Å². The molecule has 0 aliphatic rings. The summed E-state index contributed by atoms with van der Waals surface area (Å²) in [4.78, 5) is 10.6. The molecule has 0 spiro atoms. The van der Waals surface area contributed by atoms with Crippen LogP contribution in [0.1, 0.15) is 11.7 Å². The van der Waals surface area contributed by atoms with Crippen LogP contribution in [0.3, 0.4) is 0 Å². The number of fused-ring (bicyclic) bond motifs is 1. The first-order valence-corrected chi connectivity index (χ1v) is 4.71. The molecule has 0 aliphatic heterocycles. The van der Waals surface area contributed by atoms with Crippen LogP contribution in [0.5, 0.6) is 5.75 Å². The van der Waals surface area contributed by atoms with Gasteiger partial charge in [0.2, 0.25) is 0 Å². The number of hydrogen-bond donors (Lipinski definition) is 2. The van der Waals surface area contributed by atoms with Crippen molar-refractivity contribution in [2.24, 2.45) is 0 Å². The average molecular weight is 240 g/mol. The first-order chi connectivity index (χ1) is 7.61. The number of carboxylic acid groups (broad SMARTS) is 1. The predicted molar refractivity (Wildman–Crippen MR) is 55.6 cm³/mol. The van der Waals surface area contributed by atoms with Crippen LogP contribution in [0, 0.1) is 0 Å². The molecule has 0 heterocycles. The standard InChI is InChI=1S/C12H10O4.Na/c13-10-6-5-9(11(14)12(15)16)7-3-1-2-4-8(7)10;/h1-6,11,13-14H,(H,15,16);/q;+1/p-1. The zero-order valence-corrected chi connectivity index (χ0v) is 11.3. The summed E-state index contributed by atoms with van der Waals surface area (Å²) < 4.78 is 0. The summed E-state index contributed by atoms with van der Waals surface area (Å²) in [7, 11) is 0. The largest absolute Gasteiger partial charge is 1.00 e. The molecule has 0 saturated heterocycles. The van der Waals surface area contributed by atoms with Gasteiger partial charge >= 0.3 is 29.6 Å². The van der Waals surface area contributed by atoms with Crippen molar-refractivity contribution in [1.29, 1.82) is 0 Å². The fourth-order valence-electron chi connectivity index (χ4n) is 1.67. The number of benzene rings is 2. The zero-order chi connectivity index (χ0) is 11.7. The number of aromatic hydroxyl groups is 1. The number of phenols is 1. The van der Waals surface area contributed by atoms with Crippen LogP contribution in [0.4, 0.5) is 0 Å². The van der Waals surface area contributed by atoms with Crippen molar-refractivity contribution in [3.05, 3.63) is 42.0 Å². The van der Waals surface area contributed by atoms with Gasteiger partial charge in [-0.1, -0.05) is 30.3 Å². The van der Waals surface area contributed by atoms with Crippen molar-refractivity contribution < 1.29 is 49.7 Å². The van der Waals surface area contributed by atoms with Gasteiger partial charge in [0, 0.05) is 5.39 Å². The molecule has 2 N–H and O–H groups in total. The van der Waals surface area contributed by atoms with Gasteiger partial charge in [-0.2, -0.15) is 0 Å². The molecular weight excluding hydrogens is 231 g/mol. The van der Waals surface area contributed by atoms with Crippen molar-refractivity contribution >= 4 is 16.7 Å². The van der Waals surface area contributed by atoms with Crippen molar-refractivity contribution in [3.8, 4) is 5.75 Å². The second kappa shape index (κ2) is 5.51. The summed E-state index contributed by atoms with van der Waals surface area (Å²) in [6, 6.07) is 9.43. The molecule has 17 heavy (non-hydrogen) atoms. The van der Waals surface area contributed by atoms with Crippen molar-refractivity contribution in [2.75, 3.05) is 0 Å². The summed E-state index contributed by atoms with van der Waals surface area (Å²) in [5, 5.41) is 30.6. The van der Waals surface area contributed by atoms with Crippen LogP contribution < -0.4 is 34.7 Å². The minimum Gasteiger partial charge on any atom is -0.547 e. The SMILES string of the molecule is O=C([O-])C(O)c1ccc(O)c2ccccc12.[Na+]. The molecule has 0 bridgehead atoms. The smallest absolute Gasteiger partial charge is 0.547 e. The summed E-state index contributed by atoms with van der Waals surface area (Å²) in [5.41, 5.74) is 0.216. The molecule has 0 aromatic heterocycles.